The van der Waals surface area contributed by atoms with Crippen LogP contribution >= 0.6 is 11.6 Å². The predicted molar refractivity (Wildman–Crippen MR) is 90.5 cm³/mol. The van der Waals surface area contributed by atoms with Crippen molar-refractivity contribution in [2.24, 2.45) is 5.41 Å². The van der Waals surface area contributed by atoms with Gasteiger partial charge in [-0.1, -0.05) is 25.4 Å². The summed E-state index contributed by atoms with van der Waals surface area (Å²) in [6.45, 7) is 5.01. The van der Waals surface area contributed by atoms with Crippen LogP contribution in [0.1, 0.15) is 37.6 Å². The normalized spacial score (nSPS) is 22.8. The van der Waals surface area contributed by atoms with Crippen molar-refractivity contribution in [3.63, 3.8) is 0 Å². The first-order chi connectivity index (χ1) is 11.5. The Morgan fingerprint density at radius 3 is 2.64 bits per heavy atom. The number of carbonyl (C=O) groups is 2. The highest BCUT2D eigenvalue weighted by atomic mass is 35.5. The average Bonchev–Trinajstić information content (AvgIpc) is 2.58. The number of rotatable bonds is 3. The second-order valence-electron chi connectivity index (χ2n) is 6.67. The molecule has 2 unspecified atom stereocenters. The van der Waals surface area contributed by atoms with Crippen LogP contribution in [0.5, 0.6) is 0 Å². The summed E-state index contributed by atoms with van der Waals surface area (Å²) in [5.74, 6) is -0.964. The van der Waals surface area contributed by atoms with Crippen molar-refractivity contribution < 1.29 is 24.4 Å². The molecule has 0 spiro atoms. The third kappa shape index (κ3) is 4.05. The molecule has 0 fully saturated rings. The summed E-state index contributed by atoms with van der Waals surface area (Å²) < 4.78 is 5.33. The van der Waals surface area contributed by atoms with Crippen molar-refractivity contribution in [2.75, 3.05) is 0 Å². The summed E-state index contributed by atoms with van der Waals surface area (Å²) in [6, 6.07) is 3.38. The van der Waals surface area contributed by atoms with Crippen LogP contribution in [0, 0.1) is 15.5 Å². The number of aliphatic hydroxyl groups excluding tert-OH is 1. The van der Waals surface area contributed by atoms with Crippen LogP contribution in [-0.4, -0.2) is 34.0 Å². The molecule has 0 bridgehead atoms. The van der Waals surface area contributed by atoms with E-state index >= 15 is 0 Å². The lowest BCUT2D eigenvalue weighted by molar-refractivity contribution is -0.384. The molecule has 1 aromatic carbocycles. The van der Waals surface area contributed by atoms with Crippen LogP contribution in [0.3, 0.4) is 0 Å². The number of aliphatic hydroxyl groups is 1. The Bertz CT molecular complexity index is 770. The van der Waals surface area contributed by atoms with Gasteiger partial charge in [-0.2, -0.15) is 0 Å². The van der Waals surface area contributed by atoms with Gasteiger partial charge in [0.1, 0.15) is 12.2 Å². The molecule has 0 heterocycles. The highest BCUT2D eigenvalue weighted by Gasteiger charge is 2.40. The Morgan fingerprint density at radius 2 is 2.08 bits per heavy atom. The number of hydrogen-bond donors (Lipinski definition) is 1. The molecule has 2 rings (SSSR count). The first-order valence-corrected chi connectivity index (χ1v) is 7.95. The molecule has 0 saturated heterocycles. The monoisotopic (exact) mass is 367 g/mol. The first-order valence-electron chi connectivity index (χ1n) is 7.57. The average molecular weight is 368 g/mol. The van der Waals surface area contributed by atoms with Gasteiger partial charge >= 0.3 is 5.97 Å². The van der Waals surface area contributed by atoms with E-state index in [1.54, 1.807) is 20.8 Å². The van der Waals surface area contributed by atoms with Gasteiger partial charge in [-0.3, -0.25) is 14.9 Å². The van der Waals surface area contributed by atoms with E-state index in [4.69, 9.17) is 16.3 Å². The highest BCUT2D eigenvalue weighted by Crippen LogP contribution is 2.34. The minimum absolute atomic E-state index is 0.0566. The smallest absolute Gasteiger partial charge is 0.340 e. The molecule has 0 amide bonds. The number of nitro benzene ring substituents is 1. The maximum atomic E-state index is 12.4. The van der Waals surface area contributed by atoms with Gasteiger partial charge in [-0.05, 0) is 24.6 Å². The number of carbonyl (C=O) groups excluding carboxylic acids is 2. The van der Waals surface area contributed by atoms with E-state index in [0.29, 0.717) is 5.57 Å². The standard InChI is InChI=1S/C17H18ClNO6/c1-9-6-14(15(21)17(2,3)8-13(9)20)25-16(22)11-5-4-10(19(23)24)7-12(11)18/h4-7,14-15,21H,8H2,1-3H3. The molecule has 0 saturated carbocycles. The number of ether oxygens (including phenoxy) is 1. The third-order valence-electron chi connectivity index (χ3n) is 4.21. The second kappa shape index (κ2) is 6.93. The van der Waals surface area contributed by atoms with Crippen molar-refractivity contribution in [3.05, 3.63) is 50.5 Å². The molecule has 7 nitrogen and oxygen atoms in total. The number of nitro groups is 1. The van der Waals surface area contributed by atoms with E-state index in [1.165, 1.54) is 12.1 Å². The fraction of sp³-hybridized carbons (Fsp3) is 0.412. The van der Waals surface area contributed by atoms with Gasteiger partial charge in [0.2, 0.25) is 0 Å². The molecule has 0 radical (unpaired) electrons. The van der Waals surface area contributed by atoms with Crippen LogP contribution in [0.4, 0.5) is 5.69 Å². The lowest BCUT2D eigenvalue weighted by Crippen LogP contribution is -2.40. The zero-order valence-corrected chi connectivity index (χ0v) is 14.7. The number of non-ortho nitro benzene ring substituents is 1. The van der Waals surface area contributed by atoms with Gasteiger partial charge in [-0.15, -0.1) is 0 Å². The van der Waals surface area contributed by atoms with Gasteiger partial charge < -0.3 is 9.84 Å². The largest absolute Gasteiger partial charge is 0.452 e. The van der Waals surface area contributed by atoms with E-state index < -0.39 is 28.5 Å². The SMILES string of the molecule is CC1=CC(OC(=O)c2ccc([N+](=O)[O-])cc2Cl)C(O)C(C)(C)CC1=O. The second-order valence-corrected chi connectivity index (χ2v) is 7.08. The van der Waals surface area contributed by atoms with Crippen molar-refractivity contribution in [2.45, 2.75) is 39.4 Å². The third-order valence-corrected chi connectivity index (χ3v) is 4.52. The molecule has 1 aliphatic rings. The van der Waals surface area contributed by atoms with Gasteiger partial charge in [0.25, 0.3) is 5.69 Å². The molecule has 25 heavy (non-hydrogen) atoms. The van der Waals surface area contributed by atoms with Crippen LogP contribution in [0.25, 0.3) is 0 Å². The number of nitrogens with zero attached hydrogens (tertiary/aromatic N) is 1. The summed E-state index contributed by atoms with van der Waals surface area (Å²) in [5.41, 5.74) is -0.690. The van der Waals surface area contributed by atoms with Crippen molar-refractivity contribution in [3.8, 4) is 0 Å². The van der Waals surface area contributed by atoms with Crippen molar-refractivity contribution >= 4 is 29.0 Å². The van der Waals surface area contributed by atoms with Gasteiger partial charge in [0, 0.05) is 24.0 Å². The maximum Gasteiger partial charge on any atom is 0.340 e. The summed E-state index contributed by atoms with van der Waals surface area (Å²) >= 11 is 5.93. The number of benzene rings is 1. The molecule has 2 atom stereocenters. The zero-order valence-electron chi connectivity index (χ0n) is 14.0. The topological polar surface area (TPSA) is 107 Å². The first kappa shape index (κ1) is 19.1. The Kier molecular flexibility index (Phi) is 5.29. The Labute approximate surface area is 149 Å². The molecule has 8 heteroatoms. The van der Waals surface area contributed by atoms with Crippen molar-refractivity contribution in [1.29, 1.82) is 0 Å². The minimum atomic E-state index is -1.09. The molecule has 1 N–H and O–H groups in total. The minimum Gasteiger partial charge on any atom is -0.452 e. The lowest BCUT2D eigenvalue weighted by Gasteiger charge is -2.32. The number of halogens is 1. The van der Waals surface area contributed by atoms with E-state index in [0.717, 1.165) is 12.1 Å². The summed E-state index contributed by atoms with van der Waals surface area (Å²) in [5, 5.41) is 21.1. The Hall–Kier alpha value is -2.25. The predicted octanol–water partition coefficient (Wildman–Crippen LogP) is 3.08. The summed E-state index contributed by atoms with van der Waals surface area (Å²) in [7, 11) is 0. The molecular formula is C17H18ClNO6. The molecular weight excluding hydrogens is 350 g/mol. The number of Topliss-reactive ketones (excluding diaryl/α,β-unsaturated/α-hetero) is 1. The molecule has 0 aliphatic heterocycles. The van der Waals surface area contributed by atoms with Crippen molar-refractivity contribution in [1.82, 2.24) is 0 Å². The zero-order chi connectivity index (χ0) is 18.9. The summed E-state index contributed by atoms with van der Waals surface area (Å²) in [6.07, 6.45) is -0.572. The Balaban J connectivity index is 2.29. The Morgan fingerprint density at radius 1 is 1.44 bits per heavy atom. The quantitative estimate of drug-likeness (QED) is 0.499. The van der Waals surface area contributed by atoms with E-state index in [1.807, 2.05) is 0 Å². The van der Waals surface area contributed by atoms with Crippen LogP contribution < -0.4 is 0 Å². The highest BCUT2D eigenvalue weighted by molar-refractivity contribution is 6.33. The molecule has 0 aromatic heterocycles. The van der Waals surface area contributed by atoms with Gasteiger partial charge in [0.05, 0.1) is 15.5 Å². The molecule has 1 aromatic rings. The maximum absolute atomic E-state index is 12.4. The van der Waals surface area contributed by atoms with Gasteiger partial charge in [-0.25, -0.2) is 4.79 Å². The number of esters is 1. The molecule has 134 valence electrons. The number of hydrogen-bond acceptors (Lipinski definition) is 6. The van der Waals surface area contributed by atoms with Crippen LogP contribution in [-0.2, 0) is 9.53 Å². The fourth-order valence-electron chi connectivity index (χ4n) is 2.60. The van der Waals surface area contributed by atoms with Crippen LogP contribution in [0.15, 0.2) is 29.8 Å². The number of allylic oxidation sites excluding steroid dienone is 1. The van der Waals surface area contributed by atoms with Crippen LogP contribution in [0.2, 0.25) is 5.02 Å². The van der Waals surface area contributed by atoms with E-state index in [-0.39, 0.29) is 28.5 Å². The van der Waals surface area contributed by atoms with E-state index in [2.05, 4.69) is 0 Å². The lowest BCUT2D eigenvalue weighted by atomic mass is 9.80. The van der Waals surface area contributed by atoms with E-state index in [9.17, 15) is 24.8 Å². The number of ketones is 1. The molecule has 1 aliphatic carbocycles. The van der Waals surface area contributed by atoms with Gasteiger partial charge in [0.15, 0.2) is 5.78 Å². The fourth-order valence-corrected chi connectivity index (χ4v) is 2.85. The summed E-state index contributed by atoms with van der Waals surface area (Å²) in [4.78, 5) is 34.5.